The first-order chi connectivity index (χ1) is 14.0. The highest BCUT2D eigenvalue weighted by Gasteiger charge is 2.27. The van der Waals surface area contributed by atoms with E-state index in [-0.39, 0.29) is 11.7 Å². The lowest BCUT2D eigenvalue weighted by molar-refractivity contribution is 0.368. The molecule has 1 aromatic heterocycles. The Bertz CT molecular complexity index is 814. The Morgan fingerprint density at radius 3 is 2.69 bits per heavy atom. The van der Waals surface area contributed by atoms with E-state index in [2.05, 4.69) is 34.6 Å². The van der Waals surface area contributed by atoms with Gasteiger partial charge in [0.15, 0.2) is 11.7 Å². The van der Waals surface area contributed by atoms with Gasteiger partial charge in [-0.15, -0.1) is 0 Å². The zero-order valence-electron chi connectivity index (χ0n) is 17.2. The van der Waals surface area contributed by atoms with Crippen molar-refractivity contribution in [3.05, 3.63) is 47.4 Å². The van der Waals surface area contributed by atoms with Crippen molar-refractivity contribution in [1.82, 2.24) is 15.8 Å². The zero-order chi connectivity index (χ0) is 20.8. The van der Waals surface area contributed by atoms with E-state index in [4.69, 9.17) is 4.52 Å². The first-order valence-corrected chi connectivity index (χ1v) is 10.2. The largest absolute Gasteiger partial charge is 0.365 e. The molecule has 0 spiro atoms. The molecule has 0 saturated carbocycles. The smallest absolute Gasteiger partial charge is 0.191 e. The van der Waals surface area contributed by atoms with Crippen molar-refractivity contribution in [2.75, 3.05) is 25.0 Å². The molecule has 0 aliphatic carbocycles. The molecule has 2 aromatic rings. The van der Waals surface area contributed by atoms with Crippen molar-refractivity contribution < 1.29 is 13.3 Å². The molecule has 3 rings (SSSR count). The minimum absolute atomic E-state index is 0.0371. The van der Waals surface area contributed by atoms with Gasteiger partial charge in [0.05, 0.1) is 12.2 Å². The molecule has 1 fully saturated rings. The van der Waals surface area contributed by atoms with Crippen LogP contribution in [0.4, 0.5) is 14.5 Å². The standard InChI is InChI=1S/C21H29F2N5O/c1-4-14(5-2)19-11-16(29-27-19)12-25-21(24-3)26-15-9-10-28(13-15)20-17(22)7-6-8-18(20)23/h6-8,11,14-15H,4-5,9-10,12-13H2,1-3H3,(H2,24,25,26). The molecule has 1 aromatic carbocycles. The van der Waals surface area contributed by atoms with E-state index in [9.17, 15) is 8.78 Å². The zero-order valence-corrected chi connectivity index (χ0v) is 17.2. The molecule has 2 heterocycles. The number of rotatable bonds is 7. The van der Waals surface area contributed by atoms with Crippen molar-refractivity contribution in [1.29, 1.82) is 0 Å². The van der Waals surface area contributed by atoms with E-state index >= 15 is 0 Å². The monoisotopic (exact) mass is 405 g/mol. The summed E-state index contributed by atoms with van der Waals surface area (Å²) in [6, 6.07) is 5.97. The number of anilines is 1. The van der Waals surface area contributed by atoms with E-state index in [1.54, 1.807) is 11.9 Å². The molecule has 1 atom stereocenters. The molecule has 1 unspecified atom stereocenters. The number of nitrogens with one attached hydrogen (secondary N) is 2. The molecule has 0 radical (unpaired) electrons. The van der Waals surface area contributed by atoms with E-state index < -0.39 is 11.6 Å². The summed E-state index contributed by atoms with van der Waals surface area (Å²) in [5.74, 6) is 0.703. The van der Waals surface area contributed by atoms with Gasteiger partial charge < -0.3 is 20.1 Å². The van der Waals surface area contributed by atoms with Crippen molar-refractivity contribution in [3.8, 4) is 0 Å². The fourth-order valence-electron chi connectivity index (χ4n) is 3.74. The molecular weight excluding hydrogens is 376 g/mol. The molecule has 1 saturated heterocycles. The van der Waals surface area contributed by atoms with Gasteiger partial charge in [0.1, 0.15) is 17.3 Å². The maximum Gasteiger partial charge on any atom is 0.191 e. The maximum atomic E-state index is 14.0. The van der Waals surface area contributed by atoms with Gasteiger partial charge in [-0.2, -0.15) is 0 Å². The summed E-state index contributed by atoms with van der Waals surface area (Å²) in [6.45, 7) is 5.83. The van der Waals surface area contributed by atoms with Gasteiger partial charge in [-0.3, -0.25) is 4.99 Å². The number of aliphatic imine (C=N–C) groups is 1. The van der Waals surface area contributed by atoms with Gasteiger partial charge in [0.25, 0.3) is 0 Å². The Kier molecular flexibility index (Phi) is 7.06. The Labute approximate surface area is 170 Å². The highest BCUT2D eigenvalue weighted by atomic mass is 19.1. The van der Waals surface area contributed by atoms with Gasteiger partial charge >= 0.3 is 0 Å². The molecule has 158 valence electrons. The summed E-state index contributed by atoms with van der Waals surface area (Å²) in [6.07, 6.45) is 2.81. The van der Waals surface area contributed by atoms with Gasteiger partial charge in [-0.05, 0) is 31.4 Å². The van der Waals surface area contributed by atoms with Crippen LogP contribution in [-0.2, 0) is 6.54 Å². The van der Waals surface area contributed by atoms with Crippen LogP contribution in [-0.4, -0.2) is 37.3 Å². The molecule has 29 heavy (non-hydrogen) atoms. The number of halogens is 2. The first-order valence-electron chi connectivity index (χ1n) is 10.2. The maximum absolute atomic E-state index is 14.0. The Hall–Kier alpha value is -2.64. The van der Waals surface area contributed by atoms with Crippen LogP contribution in [0.2, 0.25) is 0 Å². The lowest BCUT2D eigenvalue weighted by atomic mass is 9.99. The summed E-state index contributed by atoms with van der Waals surface area (Å²) >= 11 is 0. The SMILES string of the molecule is CCC(CC)c1cc(CNC(=NC)NC2CCN(c3c(F)cccc3F)C2)on1. The van der Waals surface area contributed by atoms with Crippen LogP contribution in [0, 0.1) is 11.6 Å². The summed E-state index contributed by atoms with van der Waals surface area (Å²) in [5, 5.41) is 10.7. The third-order valence-electron chi connectivity index (χ3n) is 5.42. The number of para-hydroxylation sites is 1. The molecule has 1 aliphatic rings. The fraction of sp³-hybridized carbons (Fsp3) is 0.524. The summed E-state index contributed by atoms with van der Waals surface area (Å²) in [4.78, 5) is 5.97. The normalized spacial score (nSPS) is 17.2. The predicted molar refractivity (Wildman–Crippen MR) is 110 cm³/mol. The molecule has 1 aliphatic heterocycles. The van der Waals surface area contributed by atoms with Crippen molar-refractivity contribution in [2.24, 2.45) is 4.99 Å². The number of hydrogen-bond acceptors (Lipinski definition) is 4. The molecule has 2 N–H and O–H groups in total. The van der Waals surface area contributed by atoms with Crippen molar-refractivity contribution >= 4 is 11.6 Å². The van der Waals surface area contributed by atoms with Crippen molar-refractivity contribution in [2.45, 2.75) is 51.6 Å². The van der Waals surface area contributed by atoms with Gasteiger partial charge in [0, 0.05) is 38.2 Å². The average Bonchev–Trinajstić information content (AvgIpc) is 3.36. The topological polar surface area (TPSA) is 65.7 Å². The quantitative estimate of drug-likeness (QED) is 0.542. The summed E-state index contributed by atoms with van der Waals surface area (Å²) in [5.41, 5.74) is 1.02. The van der Waals surface area contributed by atoms with Crippen LogP contribution in [0.15, 0.2) is 33.8 Å². The van der Waals surface area contributed by atoms with Gasteiger partial charge in [0.2, 0.25) is 0 Å². The van der Waals surface area contributed by atoms with E-state index in [1.165, 1.54) is 18.2 Å². The second kappa shape index (κ2) is 9.71. The fourth-order valence-corrected chi connectivity index (χ4v) is 3.74. The molecular formula is C21H29F2N5O. The minimum Gasteiger partial charge on any atom is -0.365 e. The van der Waals surface area contributed by atoms with Gasteiger partial charge in [-0.1, -0.05) is 25.1 Å². The minimum atomic E-state index is -0.535. The third-order valence-corrected chi connectivity index (χ3v) is 5.42. The predicted octanol–water partition coefficient (Wildman–Crippen LogP) is 3.80. The summed E-state index contributed by atoms with van der Waals surface area (Å²) in [7, 11) is 1.69. The Balaban J connectivity index is 1.53. The number of hydrogen-bond donors (Lipinski definition) is 2. The third kappa shape index (κ3) is 5.05. The van der Waals surface area contributed by atoms with E-state index in [0.717, 1.165) is 30.7 Å². The van der Waals surface area contributed by atoms with E-state index in [1.807, 2.05) is 6.07 Å². The number of benzene rings is 1. The number of aromatic nitrogens is 1. The van der Waals surface area contributed by atoms with Crippen molar-refractivity contribution in [3.63, 3.8) is 0 Å². The van der Waals surface area contributed by atoms with Crippen LogP contribution in [0.3, 0.4) is 0 Å². The second-order valence-electron chi connectivity index (χ2n) is 7.30. The Morgan fingerprint density at radius 1 is 1.31 bits per heavy atom. The van der Waals surface area contributed by atoms with Crippen LogP contribution in [0.25, 0.3) is 0 Å². The molecule has 0 amide bonds. The molecule has 6 nitrogen and oxygen atoms in total. The lowest BCUT2D eigenvalue weighted by Crippen LogP contribution is -2.44. The Morgan fingerprint density at radius 2 is 2.03 bits per heavy atom. The van der Waals surface area contributed by atoms with Crippen LogP contribution in [0.5, 0.6) is 0 Å². The highest BCUT2D eigenvalue weighted by molar-refractivity contribution is 5.80. The number of guanidine groups is 1. The van der Waals surface area contributed by atoms with Crippen LogP contribution in [0.1, 0.15) is 50.5 Å². The van der Waals surface area contributed by atoms with Crippen LogP contribution < -0.4 is 15.5 Å². The van der Waals surface area contributed by atoms with E-state index in [0.29, 0.717) is 31.5 Å². The second-order valence-corrected chi connectivity index (χ2v) is 7.30. The first kappa shape index (κ1) is 21.1. The number of nitrogens with zero attached hydrogens (tertiary/aromatic N) is 3. The van der Waals surface area contributed by atoms with Crippen LogP contribution >= 0.6 is 0 Å². The summed E-state index contributed by atoms with van der Waals surface area (Å²) < 4.78 is 33.5. The average molecular weight is 405 g/mol. The highest BCUT2D eigenvalue weighted by Crippen LogP contribution is 2.26. The molecule has 0 bridgehead atoms. The molecule has 8 heteroatoms. The lowest BCUT2D eigenvalue weighted by Gasteiger charge is -2.21. The van der Waals surface area contributed by atoms with Gasteiger partial charge in [-0.25, -0.2) is 8.78 Å².